The summed E-state index contributed by atoms with van der Waals surface area (Å²) in [7, 11) is 0. The number of benzene rings is 1. The number of nitrogens with zero attached hydrogens (tertiary/aromatic N) is 5. The van der Waals surface area contributed by atoms with E-state index in [1.54, 1.807) is 23.1 Å². The second-order valence-corrected chi connectivity index (χ2v) is 6.73. The summed E-state index contributed by atoms with van der Waals surface area (Å²) in [5, 5.41) is 25.5. The molecule has 1 N–H and O–H groups in total. The number of piperidine rings is 1. The van der Waals surface area contributed by atoms with Crippen molar-refractivity contribution in [2.45, 2.75) is 32.4 Å². The summed E-state index contributed by atoms with van der Waals surface area (Å²) in [5.41, 5.74) is 0.598. The number of nitro benzene ring substituents is 1. The lowest BCUT2D eigenvalue weighted by Crippen LogP contribution is -2.39. The van der Waals surface area contributed by atoms with Crippen LogP contribution in [0.25, 0.3) is 11.4 Å². The second kappa shape index (κ2) is 7.71. The number of likely N-dealkylation sites (tertiary alicyclic amines) is 1. The fourth-order valence-corrected chi connectivity index (χ4v) is 3.09. The zero-order chi connectivity index (χ0) is 17.8. The highest BCUT2D eigenvalue weighted by Crippen LogP contribution is 2.20. The van der Waals surface area contributed by atoms with Gasteiger partial charge in [0.15, 0.2) is 5.82 Å². The van der Waals surface area contributed by atoms with E-state index < -0.39 is 11.0 Å². The predicted molar refractivity (Wildman–Crippen MR) is 93.0 cm³/mol. The molecule has 0 aliphatic carbocycles. The fraction of sp³-hybridized carbons (Fsp3) is 0.529. The van der Waals surface area contributed by atoms with Gasteiger partial charge in [0.1, 0.15) is 6.33 Å². The molecule has 0 saturated carbocycles. The molecule has 1 aromatic heterocycles. The molecule has 0 radical (unpaired) electrons. The lowest BCUT2D eigenvalue weighted by atomic mass is 9.99. The number of nitro groups is 1. The van der Waals surface area contributed by atoms with Gasteiger partial charge in [0.25, 0.3) is 5.69 Å². The van der Waals surface area contributed by atoms with Gasteiger partial charge < -0.3 is 10.0 Å². The van der Waals surface area contributed by atoms with Crippen molar-refractivity contribution in [3.63, 3.8) is 0 Å². The molecule has 1 aliphatic rings. The van der Waals surface area contributed by atoms with Crippen molar-refractivity contribution in [2.24, 2.45) is 5.92 Å². The molecule has 1 saturated heterocycles. The van der Waals surface area contributed by atoms with Crippen molar-refractivity contribution in [3.8, 4) is 11.4 Å². The molecule has 8 nitrogen and oxygen atoms in total. The standard InChI is InChI=1S/C17H23N5O3/c1-13-5-7-20(8-6-13)10-16(23)11-21-12-18-17(19-21)14-3-2-4-15(9-14)22(24)25/h2-4,9,12-13,16,23H,5-8,10-11H2,1H3. The minimum absolute atomic E-state index is 0.00760. The van der Waals surface area contributed by atoms with Crippen LogP contribution in [0.15, 0.2) is 30.6 Å². The Bertz CT molecular complexity index is 725. The monoisotopic (exact) mass is 345 g/mol. The maximum absolute atomic E-state index is 10.9. The second-order valence-electron chi connectivity index (χ2n) is 6.73. The highest BCUT2D eigenvalue weighted by molar-refractivity contribution is 5.58. The predicted octanol–water partition coefficient (Wildman–Crippen LogP) is 1.95. The average molecular weight is 345 g/mol. The topological polar surface area (TPSA) is 97.3 Å². The molecule has 134 valence electrons. The average Bonchev–Trinajstić information content (AvgIpc) is 3.05. The molecule has 0 spiro atoms. The van der Waals surface area contributed by atoms with Gasteiger partial charge in [-0.15, -0.1) is 0 Å². The van der Waals surface area contributed by atoms with Crippen LogP contribution in [0.1, 0.15) is 19.8 Å². The maximum Gasteiger partial charge on any atom is 0.270 e. The number of hydrogen-bond acceptors (Lipinski definition) is 6. The number of hydrogen-bond donors (Lipinski definition) is 1. The van der Waals surface area contributed by atoms with Crippen LogP contribution in [0.4, 0.5) is 5.69 Å². The van der Waals surface area contributed by atoms with Gasteiger partial charge in [0.05, 0.1) is 17.6 Å². The van der Waals surface area contributed by atoms with E-state index in [2.05, 4.69) is 21.9 Å². The van der Waals surface area contributed by atoms with E-state index in [0.717, 1.165) is 19.0 Å². The Labute approximate surface area is 146 Å². The summed E-state index contributed by atoms with van der Waals surface area (Å²) in [5.74, 6) is 1.18. The molecule has 0 bridgehead atoms. The van der Waals surface area contributed by atoms with Crippen LogP contribution in [-0.4, -0.2) is 55.4 Å². The Balaban J connectivity index is 1.59. The first-order valence-electron chi connectivity index (χ1n) is 8.56. The van der Waals surface area contributed by atoms with Crippen LogP contribution < -0.4 is 0 Å². The zero-order valence-corrected chi connectivity index (χ0v) is 14.3. The van der Waals surface area contributed by atoms with E-state index in [1.807, 2.05) is 0 Å². The number of rotatable bonds is 6. The Morgan fingerprint density at radius 1 is 1.36 bits per heavy atom. The largest absolute Gasteiger partial charge is 0.390 e. The number of aliphatic hydroxyl groups excluding tert-OH is 1. The smallest absolute Gasteiger partial charge is 0.270 e. The highest BCUT2D eigenvalue weighted by atomic mass is 16.6. The van der Waals surface area contributed by atoms with E-state index >= 15 is 0 Å². The van der Waals surface area contributed by atoms with E-state index in [9.17, 15) is 15.2 Å². The fourth-order valence-electron chi connectivity index (χ4n) is 3.09. The summed E-state index contributed by atoms with van der Waals surface area (Å²) in [6.07, 6.45) is 3.38. The Morgan fingerprint density at radius 3 is 2.84 bits per heavy atom. The Hall–Kier alpha value is -2.32. The number of aromatic nitrogens is 3. The van der Waals surface area contributed by atoms with Crippen LogP contribution in [-0.2, 0) is 6.54 Å². The van der Waals surface area contributed by atoms with Crippen LogP contribution in [0.3, 0.4) is 0 Å². The third kappa shape index (κ3) is 4.61. The molecule has 0 amide bonds. The van der Waals surface area contributed by atoms with Gasteiger partial charge in [0, 0.05) is 24.2 Å². The van der Waals surface area contributed by atoms with Gasteiger partial charge in [-0.3, -0.25) is 10.1 Å². The third-order valence-electron chi connectivity index (χ3n) is 4.59. The lowest BCUT2D eigenvalue weighted by Gasteiger charge is -2.31. The van der Waals surface area contributed by atoms with E-state index in [-0.39, 0.29) is 5.69 Å². The number of aliphatic hydroxyl groups is 1. The van der Waals surface area contributed by atoms with Crippen molar-refractivity contribution >= 4 is 5.69 Å². The Morgan fingerprint density at radius 2 is 2.12 bits per heavy atom. The molecule has 1 aromatic carbocycles. The molecule has 1 atom stereocenters. The highest BCUT2D eigenvalue weighted by Gasteiger charge is 2.19. The van der Waals surface area contributed by atoms with Crippen molar-refractivity contribution in [2.75, 3.05) is 19.6 Å². The molecular weight excluding hydrogens is 322 g/mol. The van der Waals surface area contributed by atoms with Crippen molar-refractivity contribution in [1.82, 2.24) is 19.7 Å². The van der Waals surface area contributed by atoms with Gasteiger partial charge in [-0.2, -0.15) is 5.10 Å². The molecular formula is C17H23N5O3. The van der Waals surface area contributed by atoms with Crippen molar-refractivity contribution in [3.05, 3.63) is 40.7 Å². The van der Waals surface area contributed by atoms with Crippen molar-refractivity contribution in [1.29, 1.82) is 0 Å². The summed E-state index contributed by atoms with van der Waals surface area (Å²) in [4.78, 5) is 16.9. The zero-order valence-electron chi connectivity index (χ0n) is 14.3. The molecule has 1 fully saturated rings. The number of β-amino-alcohol motifs (C(OH)–C–C–N with tert-alkyl or cyclic N) is 1. The maximum atomic E-state index is 10.9. The SMILES string of the molecule is CC1CCN(CC(O)Cn2cnc(-c3cccc([N+](=O)[O-])c3)n2)CC1. The lowest BCUT2D eigenvalue weighted by molar-refractivity contribution is -0.384. The van der Waals surface area contributed by atoms with E-state index in [1.165, 1.54) is 25.0 Å². The van der Waals surface area contributed by atoms with Gasteiger partial charge in [-0.1, -0.05) is 19.1 Å². The first-order valence-corrected chi connectivity index (χ1v) is 8.56. The number of non-ortho nitro benzene ring substituents is 1. The Kier molecular flexibility index (Phi) is 5.40. The summed E-state index contributed by atoms with van der Waals surface area (Å²) in [6, 6.07) is 6.23. The molecule has 3 rings (SSSR count). The van der Waals surface area contributed by atoms with Gasteiger partial charge in [-0.05, 0) is 31.8 Å². The van der Waals surface area contributed by atoms with Gasteiger partial charge >= 0.3 is 0 Å². The van der Waals surface area contributed by atoms with Crippen LogP contribution in [0, 0.1) is 16.0 Å². The third-order valence-corrected chi connectivity index (χ3v) is 4.59. The molecule has 2 heterocycles. The van der Waals surface area contributed by atoms with E-state index in [0.29, 0.717) is 24.5 Å². The summed E-state index contributed by atoms with van der Waals surface area (Å²) < 4.78 is 1.59. The van der Waals surface area contributed by atoms with E-state index in [4.69, 9.17) is 0 Å². The van der Waals surface area contributed by atoms with Gasteiger partial charge in [-0.25, -0.2) is 9.67 Å². The first kappa shape index (κ1) is 17.5. The van der Waals surface area contributed by atoms with Crippen LogP contribution in [0.5, 0.6) is 0 Å². The minimum Gasteiger partial charge on any atom is -0.390 e. The molecule has 8 heteroatoms. The quantitative estimate of drug-likeness (QED) is 0.635. The molecule has 1 aliphatic heterocycles. The minimum atomic E-state index is -0.520. The van der Waals surface area contributed by atoms with Crippen LogP contribution >= 0.6 is 0 Å². The molecule has 25 heavy (non-hydrogen) atoms. The normalized spacial score (nSPS) is 17.5. The first-order chi connectivity index (χ1) is 12.0. The van der Waals surface area contributed by atoms with Gasteiger partial charge in [0.2, 0.25) is 0 Å². The molecule has 1 unspecified atom stereocenters. The van der Waals surface area contributed by atoms with Crippen molar-refractivity contribution < 1.29 is 10.0 Å². The van der Waals surface area contributed by atoms with Crippen LogP contribution in [0.2, 0.25) is 0 Å². The molecule has 2 aromatic rings. The summed E-state index contributed by atoms with van der Waals surface area (Å²) >= 11 is 0. The summed E-state index contributed by atoms with van der Waals surface area (Å²) in [6.45, 7) is 5.29.